The third-order valence-electron chi connectivity index (χ3n) is 2.89. The smallest absolute Gasteiger partial charge is 0.150 e. The van der Waals surface area contributed by atoms with Crippen molar-refractivity contribution in [2.75, 3.05) is 6.54 Å². The second-order valence-electron chi connectivity index (χ2n) is 6.07. The minimum atomic E-state index is 0.179. The molecule has 4 heteroatoms. The third kappa shape index (κ3) is 4.77. The summed E-state index contributed by atoms with van der Waals surface area (Å²) in [6, 6.07) is 0. The Kier molecular flexibility index (Phi) is 5.32. The molecular formula is C14H28N4. The fraction of sp³-hybridized carbons (Fsp3) is 0.857. The Bertz CT molecular complexity index is 362. The van der Waals surface area contributed by atoms with Crippen LogP contribution in [0.1, 0.15) is 53.2 Å². The van der Waals surface area contributed by atoms with Crippen molar-refractivity contribution < 1.29 is 0 Å². The fourth-order valence-electron chi connectivity index (χ4n) is 1.82. The summed E-state index contributed by atoms with van der Waals surface area (Å²) in [4.78, 5) is 4.54. The van der Waals surface area contributed by atoms with Crippen LogP contribution in [0.25, 0.3) is 0 Å². The van der Waals surface area contributed by atoms with Crippen LogP contribution < -0.4 is 5.32 Å². The molecule has 0 amide bonds. The first-order valence-corrected chi connectivity index (χ1v) is 7.03. The van der Waals surface area contributed by atoms with Crippen LogP contribution in [0.3, 0.4) is 0 Å². The van der Waals surface area contributed by atoms with Crippen molar-refractivity contribution in [3.63, 3.8) is 0 Å². The first kappa shape index (κ1) is 15.2. The lowest BCUT2D eigenvalue weighted by Crippen LogP contribution is -2.39. The maximum atomic E-state index is 4.56. The Balaban J connectivity index is 2.58. The van der Waals surface area contributed by atoms with Crippen molar-refractivity contribution in [3.8, 4) is 0 Å². The number of aryl methyl sites for hydroxylation is 2. The second-order valence-corrected chi connectivity index (χ2v) is 6.07. The standard InChI is InChI=1S/C14H28N4/c1-7-12-16-13(8-2)18(17-12)10-11(3)9-15-14(4,5)6/h11,15H,7-10H2,1-6H3. The quantitative estimate of drug-likeness (QED) is 0.845. The molecule has 1 rings (SSSR count). The van der Waals surface area contributed by atoms with E-state index in [1.807, 2.05) is 0 Å². The van der Waals surface area contributed by atoms with Crippen molar-refractivity contribution >= 4 is 0 Å². The van der Waals surface area contributed by atoms with Gasteiger partial charge in [-0.3, -0.25) is 0 Å². The molecule has 1 atom stereocenters. The van der Waals surface area contributed by atoms with Gasteiger partial charge in [0.1, 0.15) is 5.82 Å². The third-order valence-corrected chi connectivity index (χ3v) is 2.89. The van der Waals surface area contributed by atoms with E-state index in [2.05, 4.69) is 61.6 Å². The van der Waals surface area contributed by atoms with Gasteiger partial charge in [0, 0.05) is 24.9 Å². The first-order valence-electron chi connectivity index (χ1n) is 7.03. The number of hydrogen-bond donors (Lipinski definition) is 1. The Morgan fingerprint density at radius 2 is 1.89 bits per heavy atom. The van der Waals surface area contributed by atoms with Crippen LogP contribution in [0, 0.1) is 5.92 Å². The summed E-state index contributed by atoms with van der Waals surface area (Å²) in [5.41, 5.74) is 0.179. The van der Waals surface area contributed by atoms with Gasteiger partial charge in [0.05, 0.1) is 0 Å². The maximum Gasteiger partial charge on any atom is 0.150 e. The zero-order valence-electron chi connectivity index (χ0n) is 12.7. The molecule has 1 unspecified atom stereocenters. The van der Waals surface area contributed by atoms with Crippen LogP contribution in [0.4, 0.5) is 0 Å². The van der Waals surface area contributed by atoms with E-state index in [1.54, 1.807) is 0 Å². The number of hydrogen-bond acceptors (Lipinski definition) is 3. The Labute approximate surface area is 111 Å². The average Bonchev–Trinajstić information content (AvgIpc) is 2.68. The van der Waals surface area contributed by atoms with Gasteiger partial charge in [-0.2, -0.15) is 5.10 Å². The van der Waals surface area contributed by atoms with E-state index in [-0.39, 0.29) is 5.54 Å². The van der Waals surface area contributed by atoms with E-state index < -0.39 is 0 Å². The Morgan fingerprint density at radius 1 is 1.22 bits per heavy atom. The number of aromatic nitrogens is 3. The number of nitrogens with one attached hydrogen (secondary N) is 1. The van der Waals surface area contributed by atoms with Gasteiger partial charge in [-0.15, -0.1) is 0 Å². The lowest BCUT2D eigenvalue weighted by molar-refractivity contribution is 0.348. The molecular weight excluding hydrogens is 224 g/mol. The Morgan fingerprint density at radius 3 is 2.39 bits per heavy atom. The van der Waals surface area contributed by atoms with Crippen molar-refractivity contribution in [1.82, 2.24) is 20.1 Å². The van der Waals surface area contributed by atoms with Gasteiger partial charge in [-0.25, -0.2) is 9.67 Å². The fourth-order valence-corrected chi connectivity index (χ4v) is 1.82. The van der Waals surface area contributed by atoms with Crippen LogP contribution >= 0.6 is 0 Å². The van der Waals surface area contributed by atoms with Crippen LogP contribution in [0.5, 0.6) is 0 Å². The lowest BCUT2D eigenvalue weighted by Gasteiger charge is -2.23. The summed E-state index contributed by atoms with van der Waals surface area (Å²) in [5, 5.41) is 8.10. The topological polar surface area (TPSA) is 42.7 Å². The molecule has 104 valence electrons. The number of nitrogens with zero attached hydrogens (tertiary/aromatic N) is 3. The van der Waals surface area contributed by atoms with Crippen molar-refractivity contribution in [3.05, 3.63) is 11.6 Å². The van der Waals surface area contributed by atoms with E-state index in [4.69, 9.17) is 0 Å². The predicted molar refractivity (Wildman–Crippen MR) is 75.7 cm³/mol. The van der Waals surface area contributed by atoms with Gasteiger partial charge in [0.15, 0.2) is 5.82 Å². The highest BCUT2D eigenvalue weighted by molar-refractivity contribution is 4.93. The van der Waals surface area contributed by atoms with Gasteiger partial charge in [-0.1, -0.05) is 20.8 Å². The first-order chi connectivity index (χ1) is 8.35. The summed E-state index contributed by atoms with van der Waals surface area (Å²) >= 11 is 0. The highest BCUT2D eigenvalue weighted by Crippen LogP contribution is 2.07. The van der Waals surface area contributed by atoms with E-state index >= 15 is 0 Å². The predicted octanol–water partition coefficient (Wildman–Crippen LogP) is 2.43. The molecule has 1 heterocycles. The van der Waals surface area contributed by atoms with E-state index in [9.17, 15) is 0 Å². The van der Waals surface area contributed by atoms with Gasteiger partial charge < -0.3 is 5.32 Å². The van der Waals surface area contributed by atoms with Crippen LogP contribution in [0.2, 0.25) is 0 Å². The van der Waals surface area contributed by atoms with Gasteiger partial charge in [0.2, 0.25) is 0 Å². The zero-order chi connectivity index (χ0) is 13.8. The van der Waals surface area contributed by atoms with Gasteiger partial charge in [0.25, 0.3) is 0 Å². The van der Waals surface area contributed by atoms with Crippen LogP contribution in [-0.2, 0) is 19.4 Å². The summed E-state index contributed by atoms with van der Waals surface area (Å²) in [6.07, 6.45) is 1.86. The molecule has 0 spiro atoms. The molecule has 4 nitrogen and oxygen atoms in total. The SMILES string of the molecule is CCc1nc(CC)n(CC(C)CNC(C)(C)C)n1. The van der Waals surface area contributed by atoms with Crippen molar-refractivity contribution in [1.29, 1.82) is 0 Å². The summed E-state index contributed by atoms with van der Waals surface area (Å²) in [7, 11) is 0. The monoisotopic (exact) mass is 252 g/mol. The molecule has 0 aliphatic carbocycles. The summed E-state index contributed by atoms with van der Waals surface area (Å²) in [6.45, 7) is 15.0. The normalized spacial score (nSPS) is 13.9. The van der Waals surface area contributed by atoms with Gasteiger partial charge in [-0.05, 0) is 33.2 Å². The molecule has 0 saturated carbocycles. The minimum absolute atomic E-state index is 0.179. The van der Waals surface area contributed by atoms with Crippen LogP contribution in [-0.4, -0.2) is 26.8 Å². The molecule has 0 aliphatic heterocycles. The van der Waals surface area contributed by atoms with E-state index in [1.165, 1.54) is 0 Å². The largest absolute Gasteiger partial charge is 0.312 e. The van der Waals surface area contributed by atoms with Gasteiger partial charge >= 0.3 is 0 Å². The van der Waals surface area contributed by atoms with E-state index in [0.29, 0.717) is 5.92 Å². The van der Waals surface area contributed by atoms with Crippen LogP contribution in [0.15, 0.2) is 0 Å². The van der Waals surface area contributed by atoms with Crippen molar-refractivity contribution in [2.24, 2.45) is 5.92 Å². The molecule has 1 N–H and O–H groups in total. The summed E-state index contributed by atoms with van der Waals surface area (Å²) < 4.78 is 2.08. The summed E-state index contributed by atoms with van der Waals surface area (Å²) in [5.74, 6) is 2.62. The number of rotatable bonds is 6. The molecule has 0 aromatic carbocycles. The van der Waals surface area contributed by atoms with Crippen molar-refractivity contribution in [2.45, 2.75) is 66.5 Å². The minimum Gasteiger partial charge on any atom is -0.312 e. The highest BCUT2D eigenvalue weighted by atomic mass is 15.3. The Hall–Kier alpha value is -0.900. The molecule has 0 aliphatic rings. The maximum absolute atomic E-state index is 4.56. The molecule has 0 bridgehead atoms. The highest BCUT2D eigenvalue weighted by Gasteiger charge is 2.14. The molecule has 1 aromatic rings. The molecule has 1 aromatic heterocycles. The average molecular weight is 252 g/mol. The van der Waals surface area contributed by atoms with E-state index in [0.717, 1.165) is 37.6 Å². The molecule has 18 heavy (non-hydrogen) atoms. The molecule has 0 fully saturated rings. The zero-order valence-corrected chi connectivity index (χ0v) is 12.7. The second kappa shape index (κ2) is 6.32. The molecule has 0 radical (unpaired) electrons. The molecule has 0 saturated heterocycles. The lowest BCUT2D eigenvalue weighted by atomic mass is 10.1.